The maximum absolute atomic E-state index is 13.2. The van der Waals surface area contributed by atoms with Crippen molar-refractivity contribution in [3.63, 3.8) is 0 Å². The fraction of sp³-hybridized carbons (Fsp3) is 0.750. The van der Waals surface area contributed by atoms with E-state index in [2.05, 4.69) is 4.74 Å². The lowest BCUT2D eigenvalue weighted by molar-refractivity contribution is -0.335. The van der Waals surface area contributed by atoms with Gasteiger partial charge in [-0.1, -0.05) is 0 Å². The highest BCUT2D eigenvalue weighted by atomic mass is 19.3. The van der Waals surface area contributed by atoms with Crippen LogP contribution in [0.4, 0.5) is 8.78 Å². The molecule has 7 nitrogen and oxygen atoms in total. The molecule has 2 bridgehead atoms. The number of rotatable bonds is 4. The summed E-state index contributed by atoms with van der Waals surface area (Å²) < 4.78 is 41.3. The van der Waals surface area contributed by atoms with Crippen LogP contribution in [-0.4, -0.2) is 48.2 Å². The Balaban J connectivity index is 1.72. The Morgan fingerprint density at radius 1 is 1.43 bits per heavy atom. The van der Waals surface area contributed by atoms with Crippen molar-refractivity contribution in [3.8, 4) is 0 Å². The van der Waals surface area contributed by atoms with E-state index >= 15 is 0 Å². The molecule has 0 amide bonds. The number of ether oxygens (including phenoxy) is 3. The number of carboxylic acid groups (broad SMARTS) is 1. The number of hydrogen-bond acceptors (Lipinski definition) is 7. The van der Waals surface area contributed by atoms with E-state index in [1.807, 2.05) is 0 Å². The molecule has 3 heterocycles. The predicted octanol–water partition coefficient (Wildman–Crippen LogP) is -1.37. The van der Waals surface area contributed by atoms with Gasteiger partial charge >= 0.3 is 17.9 Å². The summed E-state index contributed by atoms with van der Waals surface area (Å²) in [5, 5.41) is 10.3. The van der Waals surface area contributed by atoms with Crippen LogP contribution in [0, 0.1) is 11.8 Å². The molecule has 3 aliphatic heterocycles. The second kappa shape index (κ2) is 4.36. The first-order chi connectivity index (χ1) is 9.73. The Bertz CT molecular complexity index is 518. The summed E-state index contributed by atoms with van der Waals surface area (Å²) in [6.45, 7) is 0.748. The number of carboxylic acids is 1. The zero-order valence-electron chi connectivity index (χ0n) is 10.8. The van der Waals surface area contributed by atoms with Gasteiger partial charge in [-0.05, 0) is 6.92 Å². The lowest BCUT2D eigenvalue weighted by atomic mass is 9.80. The van der Waals surface area contributed by atoms with Crippen LogP contribution in [0.5, 0.6) is 0 Å². The van der Waals surface area contributed by atoms with Gasteiger partial charge in [-0.15, -0.1) is 0 Å². The molecule has 0 spiro atoms. The molecule has 6 unspecified atom stereocenters. The van der Waals surface area contributed by atoms with Crippen LogP contribution >= 0.6 is 0 Å². The fourth-order valence-electron chi connectivity index (χ4n) is 3.11. The highest BCUT2D eigenvalue weighted by molar-refractivity contribution is 5.86. The van der Waals surface area contributed by atoms with Gasteiger partial charge in [0.25, 0.3) is 0 Å². The third kappa shape index (κ3) is 1.90. The van der Waals surface area contributed by atoms with Gasteiger partial charge in [-0.2, -0.15) is 8.78 Å². The summed E-state index contributed by atoms with van der Waals surface area (Å²) in [7, 11) is 0. The number of fused-ring (bicyclic) bond motifs is 1. The van der Waals surface area contributed by atoms with Crippen molar-refractivity contribution in [2.24, 2.45) is 11.8 Å². The molecule has 3 saturated heterocycles. The summed E-state index contributed by atoms with van der Waals surface area (Å²) >= 11 is 0. The molecule has 0 aromatic heterocycles. The van der Waals surface area contributed by atoms with Crippen LogP contribution < -0.4 is 5.11 Å². The Morgan fingerprint density at radius 3 is 2.71 bits per heavy atom. The highest BCUT2D eigenvalue weighted by Crippen LogP contribution is 2.50. The van der Waals surface area contributed by atoms with Crippen LogP contribution in [0.2, 0.25) is 0 Å². The number of carbonyl (C=O) groups excluding carboxylic acids is 3. The predicted molar refractivity (Wildman–Crippen MR) is 55.6 cm³/mol. The molecule has 21 heavy (non-hydrogen) atoms. The van der Waals surface area contributed by atoms with E-state index in [9.17, 15) is 28.3 Å². The number of esters is 2. The normalized spacial score (nSPS) is 38.2. The summed E-state index contributed by atoms with van der Waals surface area (Å²) in [4.78, 5) is 33.9. The Labute approximate surface area is 117 Å². The molecule has 9 heteroatoms. The molecule has 0 saturated carbocycles. The van der Waals surface area contributed by atoms with Gasteiger partial charge in [0.15, 0.2) is 6.10 Å². The van der Waals surface area contributed by atoms with Gasteiger partial charge in [0.05, 0.1) is 12.0 Å². The number of alkyl halides is 2. The van der Waals surface area contributed by atoms with Crippen LogP contribution in [0.1, 0.15) is 13.3 Å². The third-order valence-corrected chi connectivity index (χ3v) is 4.19. The van der Waals surface area contributed by atoms with E-state index in [4.69, 9.17) is 9.47 Å². The van der Waals surface area contributed by atoms with E-state index in [1.54, 1.807) is 0 Å². The maximum atomic E-state index is 13.2. The van der Waals surface area contributed by atoms with Gasteiger partial charge in [0.2, 0.25) is 0 Å². The monoisotopic (exact) mass is 305 g/mol. The minimum absolute atomic E-state index is 0.304. The summed E-state index contributed by atoms with van der Waals surface area (Å²) in [5.74, 6) is -10.6. The third-order valence-electron chi connectivity index (χ3n) is 4.19. The molecule has 0 radical (unpaired) electrons. The summed E-state index contributed by atoms with van der Waals surface area (Å²) in [6, 6.07) is 0. The van der Waals surface area contributed by atoms with Crippen molar-refractivity contribution < 1.29 is 42.5 Å². The van der Waals surface area contributed by atoms with E-state index in [-0.39, 0.29) is 0 Å². The first-order valence-corrected chi connectivity index (χ1v) is 6.39. The van der Waals surface area contributed by atoms with Crippen molar-refractivity contribution in [1.29, 1.82) is 0 Å². The molecule has 3 fully saturated rings. The Hall–Kier alpha value is -1.77. The minimum atomic E-state index is -4.31. The van der Waals surface area contributed by atoms with Crippen molar-refractivity contribution in [2.45, 2.75) is 43.7 Å². The molecule has 0 aliphatic carbocycles. The average Bonchev–Trinajstić information content (AvgIpc) is 2.98. The fourth-order valence-corrected chi connectivity index (χ4v) is 3.11. The second-order valence-electron chi connectivity index (χ2n) is 5.39. The van der Waals surface area contributed by atoms with Gasteiger partial charge in [0, 0.05) is 6.42 Å². The SMILES string of the molecule is CC(OC(=O)C1C2CC3OC(=O)C1C3O2)C(F)(F)C(=O)[O-]. The Morgan fingerprint density at radius 2 is 2.10 bits per heavy atom. The first kappa shape index (κ1) is 14.2. The lowest BCUT2D eigenvalue weighted by Crippen LogP contribution is -2.51. The van der Waals surface area contributed by atoms with Crippen LogP contribution in [0.3, 0.4) is 0 Å². The van der Waals surface area contributed by atoms with Crippen LogP contribution in [-0.2, 0) is 28.6 Å². The molecular formula is C12H11F2O7-. The summed E-state index contributed by atoms with van der Waals surface area (Å²) in [5.41, 5.74) is 0. The van der Waals surface area contributed by atoms with Crippen molar-refractivity contribution >= 4 is 17.9 Å². The van der Waals surface area contributed by atoms with E-state index in [1.165, 1.54) is 0 Å². The van der Waals surface area contributed by atoms with E-state index in [0.29, 0.717) is 6.42 Å². The number of hydrogen-bond donors (Lipinski definition) is 0. The van der Waals surface area contributed by atoms with E-state index in [0.717, 1.165) is 6.92 Å². The number of aliphatic carboxylic acids is 1. The molecule has 0 N–H and O–H groups in total. The second-order valence-corrected chi connectivity index (χ2v) is 5.39. The van der Waals surface area contributed by atoms with Gasteiger partial charge in [0.1, 0.15) is 24.1 Å². The maximum Gasteiger partial charge on any atom is 0.322 e. The van der Waals surface area contributed by atoms with Crippen molar-refractivity contribution in [3.05, 3.63) is 0 Å². The smallest absolute Gasteiger partial charge is 0.322 e. The van der Waals surface area contributed by atoms with Gasteiger partial charge in [-0.3, -0.25) is 9.59 Å². The zero-order chi connectivity index (χ0) is 15.5. The van der Waals surface area contributed by atoms with Gasteiger partial charge < -0.3 is 24.1 Å². The van der Waals surface area contributed by atoms with Crippen LogP contribution in [0.25, 0.3) is 0 Å². The average molecular weight is 305 g/mol. The standard InChI is InChI=1S/C12H12F2O7/c1-3(12(13,14)11(17)18)19-9(15)6-4-2-5-8(20-4)7(6)10(16)21-5/h3-8H,2H2,1H3,(H,17,18)/p-1. The molecular weight excluding hydrogens is 294 g/mol. The van der Waals surface area contributed by atoms with Gasteiger partial charge in [-0.25, -0.2) is 0 Å². The summed E-state index contributed by atoms with van der Waals surface area (Å²) in [6.07, 6.45) is -3.50. The molecule has 3 rings (SSSR count). The molecule has 116 valence electrons. The lowest BCUT2D eigenvalue weighted by Gasteiger charge is -2.27. The van der Waals surface area contributed by atoms with Crippen molar-refractivity contribution in [1.82, 2.24) is 0 Å². The topological polar surface area (TPSA) is 102 Å². The Kier molecular flexibility index (Phi) is 2.94. The zero-order valence-corrected chi connectivity index (χ0v) is 10.8. The minimum Gasteiger partial charge on any atom is -0.544 e. The first-order valence-electron chi connectivity index (χ1n) is 6.39. The number of halogens is 2. The van der Waals surface area contributed by atoms with Crippen LogP contribution in [0.15, 0.2) is 0 Å². The quantitative estimate of drug-likeness (QED) is 0.591. The highest BCUT2D eigenvalue weighted by Gasteiger charge is 2.66. The molecule has 6 atom stereocenters. The molecule has 3 aliphatic rings. The molecule has 0 aromatic rings. The van der Waals surface area contributed by atoms with Crippen molar-refractivity contribution in [2.75, 3.05) is 0 Å². The number of carbonyl (C=O) groups is 3. The largest absolute Gasteiger partial charge is 0.544 e. The van der Waals surface area contributed by atoms with E-state index < -0.39 is 60.1 Å². The molecule has 0 aromatic carbocycles.